The lowest BCUT2D eigenvalue weighted by Gasteiger charge is -2.39. The van der Waals surface area contributed by atoms with Gasteiger partial charge >= 0.3 is 0 Å². The largest absolute Gasteiger partial charge is 0.334 e. The molecule has 5 heteroatoms. The third-order valence-electron chi connectivity index (χ3n) is 4.63. The van der Waals surface area contributed by atoms with Crippen molar-refractivity contribution in [3.8, 4) is 0 Å². The van der Waals surface area contributed by atoms with Crippen LogP contribution in [0.1, 0.15) is 35.3 Å². The fraction of sp³-hybridized carbons (Fsp3) is 0.471. The summed E-state index contributed by atoms with van der Waals surface area (Å²) in [6.07, 6.45) is 5.50. The van der Waals surface area contributed by atoms with Crippen molar-refractivity contribution in [2.75, 3.05) is 13.1 Å². The quantitative estimate of drug-likeness (QED) is 0.800. The van der Waals surface area contributed by atoms with Crippen molar-refractivity contribution < 1.29 is 9.59 Å². The highest BCUT2D eigenvalue weighted by atomic mass is 16.2. The van der Waals surface area contributed by atoms with Crippen molar-refractivity contribution >= 4 is 11.8 Å². The Morgan fingerprint density at radius 3 is 2.91 bits per heavy atom. The summed E-state index contributed by atoms with van der Waals surface area (Å²) in [5.74, 6) is 0.195. The fourth-order valence-electron chi connectivity index (χ4n) is 3.54. The number of pyridine rings is 1. The van der Waals surface area contributed by atoms with E-state index < -0.39 is 0 Å². The van der Waals surface area contributed by atoms with E-state index in [0.29, 0.717) is 25.1 Å². The van der Waals surface area contributed by atoms with Gasteiger partial charge in [-0.1, -0.05) is 6.08 Å². The van der Waals surface area contributed by atoms with Crippen molar-refractivity contribution in [3.05, 3.63) is 42.2 Å². The van der Waals surface area contributed by atoms with Gasteiger partial charge in [0.15, 0.2) is 0 Å². The van der Waals surface area contributed by atoms with Crippen molar-refractivity contribution in [2.45, 2.75) is 38.3 Å². The highest BCUT2D eigenvalue weighted by Gasteiger charge is 2.44. The number of rotatable bonds is 3. The first kappa shape index (κ1) is 14.8. The molecule has 2 saturated heterocycles. The van der Waals surface area contributed by atoms with Crippen LogP contribution < -0.4 is 0 Å². The number of piperidine rings is 1. The molecular weight excluding hydrogens is 278 g/mol. The zero-order chi connectivity index (χ0) is 15.7. The Morgan fingerprint density at radius 2 is 2.23 bits per heavy atom. The minimum absolute atomic E-state index is 0.0212. The Balaban J connectivity index is 1.79. The summed E-state index contributed by atoms with van der Waals surface area (Å²) in [4.78, 5) is 32.8. The first-order valence-electron chi connectivity index (χ1n) is 7.76. The molecule has 0 aliphatic carbocycles. The fourth-order valence-corrected chi connectivity index (χ4v) is 3.54. The Morgan fingerprint density at radius 1 is 1.41 bits per heavy atom. The van der Waals surface area contributed by atoms with Crippen LogP contribution in [0.25, 0.3) is 0 Å². The highest BCUT2D eigenvalue weighted by Crippen LogP contribution is 2.32. The Labute approximate surface area is 130 Å². The number of fused-ring (bicyclic) bond motifs is 1. The number of carbonyl (C=O) groups excluding carboxylic acids is 2. The lowest BCUT2D eigenvalue weighted by molar-refractivity contribution is -0.136. The van der Waals surface area contributed by atoms with E-state index in [1.54, 1.807) is 12.3 Å². The van der Waals surface area contributed by atoms with E-state index in [-0.39, 0.29) is 23.9 Å². The summed E-state index contributed by atoms with van der Waals surface area (Å²) >= 11 is 0. The van der Waals surface area contributed by atoms with Crippen LogP contribution in [-0.4, -0.2) is 51.8 Å². The summed E-state index contributed by atoms with van der Waals surface area (Å²) in [5, 5.41) is 0. The van der Waals surface area contributed by atoms with Gasteiger partial charge in [0.25, 0.3) is 5.91 Å². The molecule has 2 fully saturated rings. The lowest BCUT2D eigenvalue weighted by Crippen LogP contribution is -2.53. The molecule has 0 radical (unpaired) electrons. The summed E-state index contributed by atoms with van der Waals surface area (Å²) in [7, 11) is 0. The molecule has 3 heterocycles. The summed E-state index contributed by atoms with van der Waals surface area (Å²) in [6, 6.07) is 3.93. The molecule has 0 unspecified atom stereocenters. The minimum atomic E-state index is 0.0212. The molecule has 2 atom stereocenters. The maximum absolute atomic E-state index is 12.7. The predicted molar refractivity (Wildman–Crippen MR) is 83.3 cm³/mol. The number of aromatic nitrogens is 1. The van der Waals surface area contributed by atoms with Gasteiger partial charge in [-0.25, -0.2) is 0 Å². The van der Waals surface area contributed by atoms with E-state index in [1.807, 2.05) is 28.9 Å². The van der Waals surface area contributed by atoms with E-state index in [1.165, 1.54) is 0 Å². The van der Waals surface area contributed by atoms with E-state index >= 15 is 0 Å². The number of hydrogen-bond acceptors (Lipinski definition) is 3. The molecule has 0 spiro atoms. The summed E-state index contributed by atoms with van der Waals surface area (Å²) in [6.45, 7) is 6.89. The van der Waals surface area contributed by atoms with Crippen LogP contribution in [0.2, 0.25) is 0 Å². The van der Waals surface area contributed by atoms with Gasteiger partial charge in [0.2, 0.25) is 5.91 Å². The molecule has 3 rings (SSSR count). The number of hydrogen-bond donors (Lipinski definition) is 0. The van der Waals surface area contributed by atoms with Gasteiger partial charge in [0.05, 0.1) is 17.6 Å². The molecule has 2 aliphatic rings. The number of carbonyl (C=O) groups is 2. The normalized spacial score (nSPS) is 24.3. The topological polar surface area (TPSA) is 53.5 Å². The zero-order valence-electron chi connectivity index (χ0n) is 12.9. The number of likely N-dealkylation sites (tertiary alicyclic amines) is 2. The average Bonchev–Trinajstić information content (AvgIpc) is 2.94. The number of nitrogens with zero attached hydrogens (tertiary/aromatic N) is 3. The van der Waals surface area contributed by atoms with Crippen molar-refractivity contribution in [2.24, 2.45) is 0 Å². The first-order valence-corrected chi connectivity index (χ1v) is 7.76. The SMILES string of the molecule is C=CCN1C(=O)CC[C@@H]2[C@H]1CCN2C(=O)c1ccc(C)nc1. The van der Waals surface area contributed by atoms with Gasteiger partial charge in [-0.15, -0.1) is 6.58 Å². The van der Waals surface area contributed by atoms with Crippen LogP contribution in [0.3, 0.4) is 0 Å². The molecule has 2 aliphatic heterocycles. The van der Waals surface area contributed by atoms with Crippen molar-refractivity contribution in [1.29, 1.82) is 0 Å². The third-order valence-corrected chi connectivity index (χ3v) is 4.63. The van der Waals surface area contributed by atoms with Crippen molar-refractivity contribution in [3.63, 3.8) is 0 Å². The van der Waals surface area contributed by atoms with Gasteiger partial charge in [-0.2, -0.15) is 0 Å². The summed E-state index contributed by atoms with van der Waals surface area (Å²) in [5.41, 5.74) is 1.52. The van der Waals surface area contributed by atoms with Crippen LogP contribution >= 0.6 is 0 Å². The summed E-state index contributed by atoms with van der Waals surface area (Å²) < 4.78 is 0. The average molecular weight is 299 g/mol. The molecule has 0 bridgehead atoms. The van der Waals surface area contributed by atoms with Crippen molar-refractivity contribution in [1.82, 2.24) is 14.8 Å². The molecule has 116 valence electrons. The standard InChI is InChI=1S/C17H21N3O2/c1-3-9-19-15-8-10-20(14(15)6-7-16(19)21)17(22)13-5-4-12(2)18-11-13/h3-5,11,14-15H,1,6-10H2,2H3/t14-,15-/m1/s1. The van der Waals surface area contributed by atoms with Gasteiger partial charge in [-0.3, -0.25) is 14.6 Å². The van der Waals surface area contributed by atoms with Gasteiger partial charge in [-0.05, 0) is 31.9 Å². The molecule has 0 aromatic carbocycles. The third kappa shape index (κ3) is 2.51. The minimum Gasteiger partial charge on any atom is -0.334 e. The molecule has 22 heavy (non-hydrogen) atoms. The second-order valence-corrected chi connectivity index (χ2v) is 5.98. The Hall–Kier alpha value is -2.17. The number of amides is 2. The number of aryl methyl sites for hydroxylation is 1. The van der Waals surface area contributed by atoms with E-state index in [2.05, 4.69) is 11.6 Å². The molecule has 2 amide bonds. The maximum atomic E-state index is 12.7. The van der Waals surface area contributed by atoms with E-state index in [4.69, 9.17) is 0 Å². The Kier molecular flexibility index (Phi) is 3.96. The zero-order valence-corrected chi connectivity index (χ0v) is 12.9. The molecule has 1 aromatic rings. The van der Waals surface area contributed by atoms with Crippen LogP contribution in [0.4, 0.5) is 0 Å². The molecule has 0 saturated carbocycles. The monoisotopic (exact) mass is 299 g/mol. The maximum Gasteiger partial charge on any atom is 0.255 e. The van der Waals surface area contributed by atoms with Crippen LogP contribution in [0.5, 0.6) is 0 Å². The highest BCUT2D eigenvalue weighted by molar-refractivity contribution is 5.94. The first-order chi connectivity index (χ1) is 10.6. The van der Waals surface area contributed by atoms with Crippen LogP contribution in [-0.2, 0) is 4.79 Å². The van der Waals surface area contributed by atoms with E-state index in [9.17, 15) is 9.59 Å². The van der Waals surface area contributed by atoms with Gasteiger partial charge < -0.3 is 9.80 Å². The Bertz CT molecular complexity index is 596. The van der Waals surface area contributed by atoms with E-state index in [0.717, 1.165) is 18.5 Å². The smallest absolute Gasteiger partial charge is 0.255 e. The van der Waals surface area contributed by atoms with Gasteiger partial charge in [0.1, 0.15) is 0 Å². The molecule has 5 nitrogen and oxygen atoms in total. The van der Waals surface area contributed by atoms with Crippen LogP contribution in [0.15, 0.2) is 31.0 Å². The molecule has 1 aromatic heterocycles. The molecule has 0 N–H and O–H groups in total. The molecular formula is C17H21N3O2. The predicted octanol–water partition coefficient (Wildman–Crippen LogP) is 1.78. The lowest BCUT2D eigenvalue weighted by atomic mass is 9.96. The second kappa shape index (κ2) is 5.91. The van der Waals surface area contributed by atoms with Gasteiger partial charge in [0, 0.05) is 31.4 Å². The van der Waals surface area contributed by atoms with Crippen LogP contribution in [0, 0.1) is 6.92 Å². The second-order valence-electron chi connectivity index (χ2n) is 5.98.